The SMILES string of the molecule is COc1ccncc1C=CCN. The van der Waals surface area contributed by atoms with E-state index in [1.807, 2.05) is 18.2 Å². The lowest BCUT2D eigenvalue weighted by atomic mass is 10.2. The van der Waals surface area contributed by atoms with Crippen LogP contribution in [0, 0.1) is 0 Å². The molecule has 1 aromatic rings. The molecule has 64 valence electrons. The molecule has 0 saturated carbocycles. The maximum atomic E-state index is 5.32. The van der Waals surface area contributed by atoms with Gasteiger partial charge in [-0.15, -0.1) is 0 Å². The van der Waals surface area contributed by atoms with Gasteiger partial charge in [0.05, 0.1) is 7.11 Å². The Balaban J connectivity index is 2.89. The van der Waals surface area contributed by atoms with Gasteiger partial charge in [-0.2, -0.15) is 0 Å². The van der Waals surface area contributed by atoms with Gasteiger partial charge in [0, 0.05) is 24.5 Å². The third-order valence-corrected chi connectivity index (χ3v) is 1.46. The smallest absolute Gasteiger partial charge is 0.129 e. The Kier molecular flexibility index (Phi) is 3.29. The molecule has 0 atom stereocenters. The first-order chi connectivity index (χ1) is 5.88. The van der Waals surface area contributed by atoms with E-state index >= 15 is 0 Å². The van der Waals surface area contributed by atoms with Crippen LogP contribution in [0.15, 0.2) is 24.5 Å². The maximum absolute atomic E-state index is 5.32. The summed E-state index contributed by atoms with van der Waals surface area (Å²) in [6.45, 7) is 0.526. The summed E-state index contributed by atoms with van der Waals surface area (Å²) in [6, 6.07) is 1.82. The minimum Gasteiger partial charge on any atom is -0.496 e. The molecule has 12 heavy (non-hydrogen) atoms. The second-order valence-electron chi connectivity index (χ2n) is 2.26. The van der Waals surface area contributed by atoms with Gasteiger partial charge >= 0.3 is 0 Å². The first-order valence-corrected chi connectivity index (χ1v) is 3.73. The lowest BCUT2D eigenvalue weighted by Crippen LogP contribution is -1.93. The minimum atomic E-state index is 0.526. The summed E-state index contributed by atoms with van der Waals surface area (Å²) >= 11 is 0. The predicted molar refractivity (Wildman–Crippen MR) is 48.9 cm³/mol. The second-order valence-corrected chi connectivity index (χ2v) is 2.26. The second kappa shape index (κ2) is 4.51. The molecule has 0 amide bonds. The molecule has 0 bridgehead atoms. The monoisotopic (exact) mass is 164 g/mol. The average Bonchev–Trinajstić information content (AvgIpc) is 2.15. The van der Waals surface area contributed by atoms with Crippen LogP contribution in [-0.2, 0) is 0 Å². The molecule has 1 rings (SSSR count). The number of aromatic nitrogens is 1. The van der Waals surface area contributed by atoms with Crippen molar-refractivity contribution in [1.82, 2.24) is 4.98 Å². The first-order valence-electron chi connectivity index (χ1n) is 3.73. The van der Waals surface area contributed by atoms with Crippen LogP contribution in [-0.4, -0.2) is 18.6 Å². The van der Waals surface area contributed by atoms with E-state index in [-0.39, 0.29) is 0 Å². The first kappa shape index (κ1) is 8.74. The van der Waals surface area contributed by atoms with Gasteiger partial charge in [-0.3, -0.25) is 4.98 Å². The van der Waals surface area contributed by atoms with Crippen molar-refractivity contribution in [2.75, 3.05) is 13.7 Å². The zero-order chi connectivity index (χ0) is 8.81. The van der Waals surface area contributed by atoms with Crippen molar-refractivity contribution in [3.05, 3.63) is 30.1 Å². The van der Waals surface area contributed by atoms with Crippen molar-refractivity contribution in [2.45, 2.75) is 0 Å². The highest BCUT2D eigenvalue weighted by Gasteiger charge is 1.95. The van der Waals surface area contributed by atoms with Crippen LogP contribution in [0.2, 0.25) is 0 Å². The topological polar surface area (TPSA) is 48.1 Å². The fraction of sp³-hybridized carbons (Fsp3) is 0.222. The standard InChI is InChI=1S/C9H12N2O/c1-12-9-4-6-11-7-8(9)3-2-5-10/h2-4,6-7H,5,10H2,1H3. The molecule has 0 fully saturated rings. The molecule has 2 N–H and O–H groups in total. The Labute approximate surface area is 71.9 Å². The molecule has 0 aliphatic rings. The van der Waals surface area contributed by atoms with Crippen molar-refractivity contribution in [3.63, 3.8) is 0 Å². The molecule has 0 unspecified atom stereocenters. The molecular formula is C9H12N2O. The van der Waals surface area contributed by atoms with E-state index < -0.39 is 0 Å². The van der Waals surface area contributed by atoms with Gasteiger partial charge in [0.2, 0.25) is 0 Å². The Morgan fingerprint density at radius 3 is 3.17 bits per heavy atom. The van der Waals surface area contributed by atoms with E-state index in [0.29, 0.717) is 6.54 Å². The fourth-order valence-corrected chi connectivity index (χ4v) is 0.900. The van der Waals surface area contributed by atoms with Crippen molar-refractivity contribution in [1.29, 1.82) is 0 Å². The Morgan fingerprint density at radius 2 is 2.50 bits per heavy atom. The van der Waals surface area contributed by atoms with Gasteiger partial charge in [-0.05, 0) is 6.07 Å². The summed E-state index contributed by atoms with van der Waals surface area (Å²) in [6.07, 6.45) is 7.19. The fourth-order valence-electron chi connectivity index (χ4n) is 0.900. The molecule has 3 heteroatoms. The van der Waals surface area contributed by atoms with Crippen molar-refractivity contribution < 1.29 is 4.74 Å². The highest BCUT2D eigenvalue weighted by Crippen LogP contribution is 2.16. The molecule has 0 saturated heterocycles. The minimum absolute atomic E-state index is 0.526. The summed E-state index contributed by atoms with van der Waals surface area (Å²) in [5.74, 6) is 0.815. The van der Waals surface area contributed by atoms with E-state index in [4.69, 9.17) is 10.5 Å². The number of methoxy groups -OCH3 is 1. The Bertz CT molecular complexity index is 271. The van der Waals surface area contributed by atoms with Crippen LogP contribution in [0.1, 0.15) is 5.56 Å². The van der Waals surface area contributed by atoms with Crippen LogP contribution >= 0.6 is 0 Å². The van der Waals surface area contributed by atoms with E-state index in [2.05, 4.69) is 4.98 Å². The highest BCUT2D eigenvalue weighted by atomic mass is 16.5. The molecule has 1 heterocycles. The van der Waals surface area contributed by atoms with Crippen molar-refractivity contribution in [3.8, 4) is 5.75 Å². The number of hydrogen-bond acceptors (Lipinski definition) is 3. The third-order valence-electron chi connectivity index (χ3n) is 1.46. The third kappa shape index (κ3) is 2.07. The number of nitrogens with two attached hydrogens (primary N) is 1. The normalized spacial score (nSPS) is 10.5. The molecule has 3 nitrogen and oxygen atoms in total. The zero-order valence-corrected chi connectivity index (χ0v) is 7.03. The molecule has 0 spiro atoms. The van der Waals surface area contributed by atoms with Crippen LogP contribution in [0.3, 0.4) is 0 Å². The molecule has 0 aliphatic carbocycles. The van der Waals surface area contributed by atoms with Crippen LogP contribution in [0.25, 0.3) is 6.08 Å². The lowest BCUT2D eigenvalue weighted by molar-refractivity contribution is 0.413. The summed E-state index contributed by atoms with van der Waals surface area (Å²) in [4.78, 5) is 3.97. The number of rotatable bonds is 3. The van der Waals surface area contributed by atoms with Crippen molar-refractivity contribution >= 4 is 6.08 Å². The maximum Gasteiger partial charge on any atom is 0.129 e. The largest absolute Gasteiger partial charge is 0.496 e. The molecule has 0 aromatic carbocycles. The van der Waals surface area contributed by atoms with Gasteiger partial charge in [0.15, 0.2) is 0 Å². The molecule has 1 aromatic heterocycles. The van der Waals surface area contributed by atoms with Gasteiger partial charge in [-0.1, -0.05) is 12.2 Å². The van der Waals surface area contributed by atoms with Gasteiger partial charge < -0.3 is 10.5 Å². The average molecular weight is 164 g/mol. The summed E-state index contributed by atoms with van der Waals surface area (Å²) in [5.41, 5.74) is 6.27. The van der Waals surface area contributed by atoms with Gasteiger partial charge in [0.1, 0.15) is 5.75 Å². The lowest BCUT2D eigenvalue weighted by Gasteiger charge is -2.01. The van der Waals surface area contributed by atoms with E-state index in [9.17, 15) is 0 Å². The quantitative estimate of drug-likeness (QED) is 0.726. The van der Waals surface area contributed by atoms with Crippen LogP contribution in [0.4, 0.5) is 0 Å². The van der Waals surface area contributed by atoms with E-state index in [1.54, 1.807) is 19.5 Å². The molecular weight excluding hydrogens is 152 g/mol. The Hall–Kier alpha value is -1.35. The van der Waals surface area contributed by atoms with Gasteiger partial charge in [0.25, 0.3) is 0 Å². The number of ether oxygens (including phenoxy) is 1. The molecule has 0 aliphatic heterocycles. The highest BCUT2D eigenvalue weighted by molar-refractivity contribution is 5.55. The predicted octanol–water partition coefficient (Wildman–Crippen LogP) is 1.06. The number of hydrogen-bond donors (Lipinski definition) is 1. The zero-order valence-electron chi connectivity index (χ0n) is 7.03. The van der Waals surface area contributed by atoms with E-state index in [0.717, 1.165) is 11.3 Å². The summed E-state index contributed by atoms with van der Waals surface area (Å²) < 4.78 is 5.11. The van der Waals surface area contributed by atoms with Crippen molar-refractivity contribution in [2.24, 2.45) is 5.73 Å². The molecule has 0 radical (unpaired) electrons. The number of pyridine rings is 1. The number of nitrogens with zero attached hydrogens (tertiary/aromatic N) is 1. The van der Waals surface area contributed by atoms with E-state index in [1.165, 1.54) is 0 Å². The van der Waals surface area contributed by atoms with Gasteiger partial charge in [-0.25, -0.2) is 0 Å². The summed E-state index contributed by atoms with van der Waals surface area (Å²) in [7, 11) is 1.63. The van der Waals surface area contributed by atoms with Crippen LogP contribution in [0.5, 0.6) is 5.75 Å². The Morgan fingerprint density at radius 1 is 1.67 bits per heavy atom. The summed E-state index contributed by atoms with van der Waals surface area (Å²) in [5, 5.41) is 0. The van der Waals surface area contributed by atoms with Crippen LogP contribution < -0.4 is 10.5 Å².